The Morgan fingerprint density at radius 2 is 1.64 bits per heavy atom. The first kappa shape index (κ1) is 16.3. The van der Waals surface area contributed by atoms with E-state index in [9.17, 15) is 9.59 Å². The van der Waals surface area contributed by atoms with E-state index in [1.165, 1.54) is 12.1 Å². The Kier molecular flexibility index (Phi) is 4.80. The van der Waals surface area contributed by atoms with Crippen molar-refractivity contribution in [2.75, 3.05) is 11.9 Å². The molecular formula is C19H16N2O4. The molecule has 3 rings (SSSR count). The molecule has 2 aromatic carbocycles. The average molecular weight is 336 g/mol. The first-order chi connectivity index (χ1) is 12.1. The summed E-state index contributed by atoms with van der Waals surface area (Å²) in [5, 5.41) is 11.7. The Balaban J connectivity index is 1.58. The number of carboxylic acids is 1. The molecule has 6 heteroatoms. The fourth-order valence-corrected chi connectivity index (χ4v) is 2.33. The largest absolute Gasteiger partial charge is 0.484 e. The number of hydrogen-bond acceptors (Lipinski definition) is 3. The van der Waals surface area contributed by atoms with Crippen molar-refractivity contribution in [2.24, 2.45) is 0 Å². The maximum atomic E-state index is 12.0. The van der Waals surface area contributed by atoms with E-state index in [-0.39, 0.29) is 17.9 Å². The van der Waals surface area contributed by atoms with Gasteiger partial charge in [0.1, 0.15) is 5.75 Å². The SMILES string of the molecule is O=C(COc1ccc(-n2cccc2)cc1)Nc1ccccc1C(=O)O. The molecule has 0 saturated heterocycles. The quantitative estimate of drug-likeness (QED) is 0.724. The van der Waals surface area contributed by atoms with Crippen molar-refractivity contribution in [3.63, 3.8) is 0 Å². The number of anilines is 1. The summed E-state index contributed by atoms with van der Waals surface area (Å²) >= 11 is 0. The molecule has 0 saturated carbocycles. The summed E-state index contributed by atoms with van der Waals surface area (Å²) < 4.78 is 7.40. The van der Waals surface area contributed by atoms with Gasteiger partial charge in [0.25, 0.3) is 5.91 Å². The topological polar surface area (TPSA) is 80.6 Å². The van der Waals surface area contributed by atoms with Gasteiger partial charge in [-0.3, -0.25) is 4.79 Å². The molecular weight excluding hydrogens is 320 g/mol. The number of rotatable bonds is 6. The van der Waals surface area contributed by atoms with Gasteiger partial charge in [0, 0.05) is 18.1 Å². The van der Waals surface area contributed by atoms with Crippen LogP contribution in [0.4, 0.5) is 5.69 Å². The molecule has 1 aromatic heterocycles. The zero-order valence-corrected chi connectivity index (χ0v) is 13.3. The minimum Gasteiger partial charge on any atom is -0.484 e. The molecule has 0 fully saturated rings. The number of hydrogen-bond donors (Lipinski definition) is 2. The maximum Gasteiger partial charge on any atom is 0.337 e. The molecule has 1 heterocycles. The van der Waals surface area contributed by atoms with Crippen LogP contribution in [0, 0.1) is 0 Å². The van der Waals surface area contributed by atoms with Gasteiger partial charge in [-0.2, -0.15) is 0 Å². The molecule has 25 heavy (non-hydrogen) atoms. The molecule has 0 aliphatic rings. The highest BCUT2D eigenvalue weighted by atomic mass is 16.5. The molecule has 6 nitrogen and oxygen atoms in total. The Morgan fingerprint density at radius 3 is 2.32 bits per heavy atom. The highest BCUT2D eigenvalue weighted by molar-refractivity contribution is 6.00. The van der Waals surface area contributed by atoms with Crippen LogP contribution >= 0.6 is 0 Å². The molecule has 0 atom stereocenters. The second-order valence-electron chi connectivity index (χ2n) is 5.27. The number of amides is 1. The van der Waals surface area contributed by atoms with Crippen LogP contribution in [0.1, 0.15) is 10.4 Å². The first-order valence-electron chi connectivity index (χ1n) is 7.62. The zero-order valence-electron chi connectivity index (χ0n) is 13.3. The van der Waals surface area contributed by atoms with Crippen LogP contribution in [-0.4, -0.2) is 28.2 Å². The van der Waals surface area contributed by atoms with E-state index >= 15 is 0 Å². The minimum absolute atomic E-state index is 0.0342. The summed E-state index contributed by atoms with van der Waals surface area (Å²) in [5.74, 6) is -0.974. The first-order valence-corrected chi connectivity index (χ1v) is 7.62. The number of carboxylic acid groups (broad SMARTS) is 1. The summed E-state index contributed by atoms with van der Waals surface area (Å²) in [4.78, 5) is 23.1. The van der Waals surface area contributed by atoms with Gasteiger partial charge < -0.3 is 19.7 Å². The lowest BCUT2D eigenvalue weighted by Crippen LogP contribution is -2.21. The maximum absolute atomic E-state index is 12.0. The third-order valence-electron chi connectivity index (χ3n) is 3.54. The molecule has 0 bridgehead atoms. The molecule has 0 aliphatic carbocycles. The van der Waals surface area contributed by atoms with E-state index in [0.29, 0.717) is 5.75 Å². The highest BCUT2D eigenvalue weighted by Gasteiger charge is 2.12. The molecule has 0 spiro atoms. The van der Waals surface area contributed by atoms with Crippen LogP contribution in [0.2, 0.25) is 0 Å². The standard InChI is InChI=1S/C19H16N2O4/c22-18(20-17-6-2-1-5-16(17)19(23)24)13-25-15-9-7-14(8-10-15)21-11-3-4-12-21/h1-12H,13H2,(H,20,22)(H,23,24). The monoisotopic (exact) mass is 336 g/mol. The second kappa shape index (κ2) is 7.35. The molecule has 0 radical (unpaired) electrons. The zero-order chi connectivity index (χ0) is 17.6. The van der Waals surface area contributed by atoms with E-state index in [2.05, 4.69) is 5.32 Å². The van der Waals surface area contributed by atoms with Crippen LogP contribution in [0.5, 0.6) is 5.75 Å². The van der Waals surface area contributed by atoms with E-state index in [1.54, 1.807) is 24.3 Å². The van der Waals surface area contributed by atoms with Crippen molar-refractivity contribution >= 4 is 17.6 Å². The van der Waals surface area contributed by atoms with Crippen molar-refractivity contribution in [3.8, 4) is 11.4 Å². The number of nitrogens with one attached hydrogen (secondary N) is 1. The summed E-state index contributed by atoms with van der Waals surface area (Å²) in [7, 11) is 0. The van der Waals surface area contributed by atoms with Gasteiger partial charge in [0.05, 0.1) is 11.3 Å². The van der Waals surface area contributed by atoms with E-state index < -0.39 is 11.9 Å². The highest BCUT2D eigenvalue weighted by Crippen LogP contribution is 2.17. The van der Waals surface area contributed by atoms with Crippen LogP contribution in [-0.2, 0) is 4.79 Å². The number of benzene rings is 2. The lowest BCUT2D eigenvalue weighted by Gasteiger charge is -2.10. The molecule has 2 N–H and O–H groups in total. The summed E-state index contributed by atoms with van der Waals surface area (Å²) in [5.41, 5.74) is 1.26. The van der Waals surface area contributed by atoms with Crippen molar-refractivity contribution in [3.05, 3.63) is 78.6 Å². The Bertz CT molecular complexity index is 871. The predicted molar refractivity (Wildman–Crippen MR) is 93.3 cm³/mol. The Hall–Kier alpha value is -3.54. The molecule has 0 aliphatic heterocycles. The summed E-state index contributed by atoms with van der Waals surface area (Å²) in [6.07, 6.45) is 3.87. The molecule has 3 aromatic rings. The molecule has 126 valence electrons. The van der Waals surface area contributed by atoms with Crippen LogP contribution in [0.25, 0.3) is 5.69 Å². The second-order valence-corrected chi connectivity index (χ2v) is 5.27. The third kappa shape index (κ3) is 4.06. The predicted octanol–water partition coefficient (Wildman–Crippen LogP) is 3.19. The van der Waals surface area contributed by atoms with Gasteiger partial charge >= 0.3 is 5.97 Å². The molecule has 0 unspecified atom stereocenters. The fourth-order valence-electron chi connectivity index (χ4n) is 2.33. The number of aromatic carboxylic acids is 1. The smallest absolute Gasteiger partial charge is 0.337 e. The number of nitrogens with zero attached hydrogens (tertiary/aromatic N) is 1. The van der Waals surface area contributed by atoms with E-state index in [4.69, 9.17) is 9.84 Å². The number of carbonyl (C=O) groups is 2. The Labute approximate surface area is 144 Å². The number of ether oxygens (including phenoxy) is 1. The Morgan fingerprint density at radius 1 is 0.960 bits per heavy atom. The van der Waals surface area contributed by atoms with Gasteiger partial charge in [0.15, 0.2) is 6.61 Å². The lowest BCUT2D eigenvalue weighted by atomic mass is 10.2. The van der Waals surface area contributed by atoms with Gasteiger partial charge in [-0.05, 0) is 48.5 Å². The summed E-state index contributed by atoms with van der Waals surface area (Å²) in [6, 6.07) is 17.4. The minimum atomic E-state index is -1.10. The van der Waals surface area contributed by atoms with Gasteiger partial charge in [-0.1, -0.05) is 12.1 Å². The van der Waals surface area contributed by atoms with Gasteiger partial charge in [-0.25, -0.2) is 4.79 Å². The lowest BCUT2D eigenvalue weighted by molar-refractivity contribution is -0.118. The number of carbonyl (C=O) groups excluding carboxylic acids is 1. The number of aromatic nitrogens is 1. The fraction of sp³-hybridized carbons (Fsp3) is 0.0526. The average Bonchev–Trinajstić information content (AvgIpc) is 3.15. The van der Waals surface area contributed by atoms with Crippen LogP contribution in [0.3, 0.4) is 0 Å². The molecule has 1 amide bonds. The van der Waals surface area contributed by atoms with Crippen molar-refractivity contribution in [2.45, 2.75) is 0 Å². The van der Waals surface area contributed by atoms with E-state index in [0.717, 1.165) is 5.69 Å². The van der Waals surface area contributed by atoms with E-state index in [1.807, 2.05) is 41.2 Å². The van der Waals surface area contributed by atoms with Crippen molar-refractivity contribution in [1.29, 1.82) is 0 Å². The third-order valence-corrected chi connectivity index (χ3v) is 3.54. The van der Waals surface area contributed by atoms with Crippen LogP contribution in [0.15, 0.2) is 73.1 Å². The van der Waals surface area contributed by atoms with Gasteiger partial charge in [-0.15, -0.1) is 0 Å². The van der Waals surface area contributed by atoms with Crippen LogP contribution < -0.4 is 10.1 Å². The van der Waals surface area contributed by atoms with Crippen molar-refractivity contribution < 1.29 is 19.4 Å². The number of para-hydroxylation sites is 1. The van der Waals surface area contributed by atoms with Gasteiger partial charge in [0.2, 0.25) is 0 Å². The van der Waals surface area contributed by atoms with Crippen molar-refractivity contribution in [1.82, 2.24) is 4.57 Å². The summed E-state index contributed by atoms with van der Waals surface area (Å²) in [6.45, 7) is -0.211. The normalized spacial score (nSPS) is 10.2.